The minimum atomic E-state index is 0.403. The van der Waals surface area contributed by atoms with E-state index in [1.165, 1.54) is 0 Å². The number of nitrogens with zero attached hydrogens (tertiary/aromatic N) is 3. The molecule has 0 spiro atoms. The van der Waals surface area contributed by atoms with Gasteiger partial charge in [0, 0.05) is 25.6 Å². The average molecular weight is 208 g/mol. The zero-order valence-corrected chi connectivity index (χ0v) is 8.94. The van der Waals surface area contributed by atoms with Crippen LogP contribution >= 0.6 is 0 Å². The van der Waals surface area contributed by atoms with Gasteiger partial charge in [-0.15, -0.1) is 0 Å². The van der Waals surface area contributed by atoms with E-state index in [2.05, 4.69) is 22.3 Å². The van der Waals surface area contributed by atoms with Crippen molar-refractivity contribution in [3.63, 3.8) is 0 Å². The summed E-state index contributed by atoms with van der Waals surface area (Å²) in [4.78, 5) is 4.53. The third-order valence-corrected chi connectivity index (χ3v) is 3.08. The molecule has 5 nitrogen and oxygen atoms in total. The van der Waals surface area contributed by atoms with Gasteiger partial charge in [-0.25, -0.2) is 4.68 Å². The maximum Gasteiger partial charge on any atom is 0.221 e. The second kappa shape index (κ2) is 3.48. The fourth-order valence-corrected chi connectivity index (χ4v) is 2.15. The maximum absolute atomic E-state index is 5.35. The van der Waals surface area contributed by atoms with Gasteiger partial charge in [0.2, 0.25) is 5.95 Å². The maximum atomic E-state index is 5.35. The van der Waals surface area contributed by atoms with Crippen molar-refractivity contribution in [2.45, 2.75) is 25.8 Å². The molecule has 0 aromatic carbocycles. The van der Waals surface area contributed by atoms with E-state index < -0.39 is 0 Å². The fourth-order valence-electron chi connectivity index (χ4n) is 2.15. The van der Waals surface area contributed by atoms with Gasteiger partial charge < -0.3 is 10.1 Å². The number of anilines is 1. The van der Waals surface area contributed by atoms with Crippen molar-refractivity contribution in [1.82, 2.24) is 14.8 Å². The Labute approximate surface area is 88.8 Å². The SMILES string of the molecule is CC1CNc2nc(C3CCOC3)nn2C1. The van der Waals surface area contributed by atoms with Gasteiger partial charge in [-0.3, -0.25) is 0 Å². The predicted molar refractivity (Wildman–Crippen MR) is 55.9 cm³/mol. The molecule has 3 heterocycles. The van der Waals surface area contributed by atoms with Crippen molar-refractivity contribution in [3.8, 4) is 0 Å². The number of rotatable bonds is 1. The minimum Gasteiger partial charge on any atom is -0.381 e. The first-order valence-electron chi connectivity index (χ1n) is 5.59. The van der Waals surface area contributed by atoms with Crippen molar-refractivity contribution in [2.24, 2.45) is 5.92 Å². The van der Waals surface area contributed by atoms with E-state index in [0.717, 1.165) is 44.5 Å². The lowest BCUT2D eigenvalue weighted by molar-refractivity contribution is 0.193. The zero-order chi connectivity index (χ0) is 10.3. The summed E-state index contributed by atoms with van der Waals surface area (Å²) in [6.07, 6.45) is 1.05. The Hall–Kier alpha value is -1.10. The fraction of sp³-hybridized carbons (Fsp3) is 0.800. The highest BCUT2D eigenvalue weighted by Crippen LogP contribution is 2.25. The smallest absolute Gasteiger partial charge is 0.221 e. The summed E-state index contributed by atoms with van der Waals surface area (Å²) in [5.41, 5.74) is 0. The highest BCUT2D eigenvalue weighted by molar-refractivity contribution is 5.28. The second-order valence-electron chi connectivity index (χ2n) is 4.52. The molecule has 0 saturated carbocycles. The van der Waals surface area contributed by atoms with Crippen LogP contribution in [0, 0.1) is 5.92 Å². The molecule has 0 radical (unpaired) electrons. The summed E-state index contributed by atoms with van der Waals surface area (Å²) in [7, 11) is 0. The molecule has 0 aliphatic carbocycles. The Morgan fingerprint density at radius 3 is 3.27 bits per heavy atom. The topological polar surface area (TPSA) is 52.0 Å². The van der Waals surface area contributed by atoms with Crippen LogP contribution in [0.15, 0.2) is 0 Å². The highest BCUT2D eigenvalue weighted by Gasteiger charge is 2.25. The molecule has 3 rings (SSSR count). The third kappa shape index (κ3) is 1.61. The molecule has 5 heteroatoms. The van der Waals surface area contributed by atoms with Gasteiger partial charge in [-0.1, -0.05) is 6.92 Å². The molecule has 1 aromatic rings. The van der Waals surface area contributed by atoms with Crippen molar-refractivity contribution in [3.05, 3.63) is 5.82 Å². The lowest BCUT2D eigenvalue weighted by Gasteiger charge is -2.19. The lowest BCUT2D eigenvalue weighted by Crippen LogP contribution is -2.25. The number of nitrogens with one attached hydrogen (secondary N) is 1. The van der Waals surface area contributed by atoms with Crippen molar-refractivity contribution < 1.29 is 4.74 Å². The Bertz CT molecular complexity index is 356. The molecule has 1 aromatic heterocycles. The molecule has 0 amide bonds. The summed E-state index contributed by atoms with van der Waals surface area (Å²) >= 11 is 0. The second-order valence-corrected chi connectivity index (χ2v) is 4.52. The van der Waals surface area contributed by atoms with Crippen LogP contribution < -0.4 is 5.32 Å². The predicted octanol–water partition coefficient (Wildman–Crippen LogP) is 0.844. The Balaban J connectivity index is 1.85. The Morgan fingerprint density at radius 1 is 1.53 bits per heavy atom. The third-order valence-electron chi connectivity index (χ3n) is 3.08. The molecule has 2 atom stereocenters. The van der Waals surface area contributed by atoms with Crippen LogP contribution in [0.25, 0.3) is 0 Å². The minimum absolute atomic E-state index is 0.403. The van der Waals surface area contributed by atoms with Crippen LogP contribution in [0.4, 0.5) is 5.95 Å². The van der Waals surface area contributed by atoms with E-state index >= 15 is 0 Å². The van der Waals surface area contributed by atoms with E-state index in [4.69, 9.17) is 4.74 Å². The van der Waals surface area contributed by atoms with Gasteiger partial charge in [-0.05, 0) is 12.3 Å². The van der Waals surface area contributed by atoms with Crippen LogP contribution in [0.3, 0.4) is 0 Å². The van der Waals surface area contributed by atoms with Gasteiger partial charge in [0.15, 0.2) is 5.82 Å². The summed E-state index contributed by atoms with van der Waals surface area (Å²) in [6, 6.07) is 0. The number of ether oxygens (including phenoxy) is 1. The molecule has 0 bridgehead atoms. The number of hydrogen-bond donors (Lipinski definition) is 1. The van der Waals surface area contributed by atoms with Gasteiger partial charge in [0.25, 0.3) is 0 Å². The largest absolute Gasteiger partial charge is 0.381 e. The van der Waals surface area contributed by atoms with Gasteiger partial charge in [0.1, 0.15) is 0 Å². The summed E-state index contributed by atoms with van der Waals surface area (Å²) in [5, 5.41) is 7.85. The van der Waals surface area contributed by atoms with E-state index in [0.29, 0.717) is 11.8 Å². The molecule has 2 unspecified atom stereocenters. The van der Waals surface area contributed by atoms with E-state index in [-0.39, 0.29) is 0 Å². The molecular weight excluding hydrogens is 192 g/mol. The normalized spacial score (nSPS) is 29.9. The average Bonchev–Trinajstić information content (AvgIpc) is 2.84. The van der Waals surface area contributed by atoms with Crippen LogP contribution in [0.1, 0.15) is 25.1 Å². The molecule has 1 fully saturated rings. The molecule has 1 saturated heterocycles. The monoisotopic (exact) mass is 208 g/mol. The quantitative estimate of drug-likeness (QED) is 0.743. The molecule has 15 heavy (non-hydrogen) atoms. The van der Waals surface area contributed by atoms with Crippen LogP contribution in [-0.2, 0) is 11.3 Å². The first kappa shape index (κ1) is 9.15. The molecule has 1 N–H and O–H groups in total. The summed E-state index contributed by atoms with van der Waals surface area (Å²) in [6.45, 7) is 5.82. The van der Waals surface area contributed by atoms with Gasteiger partial charge in [-0.2, -0.15) is 10.1 Å². The zero-order valence-electron chi connectivity index (χ0n) is 8.94. The number of fused-ring (bicyclic) bond motifs is 1. The summed E-state index contributed by atoms with van der Waals surface area (Å²) < 4.78 is 7.34. The van der Waals surface area contributed by atoms with Crippen molar-refractivity contribution in [2.75, 3.05) is 25.1 Å². The van der Waals surface area contributed by atoms with Gasteiger partial charge >= 0.3 is 0 Å². The van der Waals surface area contributed by atoms with Crippen LogP contribution in [0.2, 0.25) is 0 Å². The van der Waals surface area contributed by atoms with Crippen LogP contribution in [-0.4, -0.2) is 34.5 Å². The first-order chi connectivity index (χ1) is 7.33. The van der Waals surface area contributed by atoms with Crippen molar-refractivity contribution in [1.29, 1.82) is 0 Å². The van der Waals surface area contributed by atoms with E-state index in [9.17, 15) is 0 Å². The number of aromatic nitrogens is 3. The van der Waals surface area contributed by atoms with E-state index in [1.54, 1.807) is 0 Å². The van der Waals surface area contributed by atoms with Crippen molar-refractivity contribution >= 4 is 5.95 Å². The first-order valence-corrected chi connectivity index (χ1v) is 5.59. The van der Waals surface area contributed by atoms with E-state index in [1.807, 2.05) is 4.68 Å². The lowest BCUT2D eigenvalue weighted by atomic mass is 10.1. The highest BCUT2D eigenvalue weighted by atomic mass is 16.5. The standard InChI is InChI=1S/C10H16N4O/c1-7-4-11-10-12-9(13-14(10)5-7)8-2-3-15-6-8/h7-8H,2-6H2,1H3,(H,11,12,13). The molecule has 2 aliphatic rings. The Morgan fingerprint density at radius 2 is 2.47 bits per heavy atom. The molecular formula is C10H16N4O. The summed E-state index contributed by atoms with van der Waals surface area (Å²) in [5.74, 6) is 2.91. The Kier molecular flexibility index (Phi) is 2.12. The van der Waals surface area contributed by atoms with Gasteiger partial charge in [0.05, 0.1) is 6.61 Å². The number of hydrogen-bond acceptors (Lipinski definition) is 4. The molecule has 82 valence electrons. The van der Waals surface area contributed by atoms with Crippen LogP contribution in [0.5, 0.6) is 0 Å². The molecule has 2 aliphatic heterocycles.